The van der Waals surface area contributed by atoms with Crippen LogP contribution in [0.25, 0.3) is 10.9 Å². The highest BCUT2D eigenvalue weighted by molar-refractivity contribution is 7.11. The molecule has 0 radical (unpaired) electrons. The number of para-hydroxylation sites is 1. The van der Waals surface area contributed by atoms with Gasteiger partial charge in [-0.3, -0.25) is 0 Å². The number of fused-ring (bicyclic) bond motifs is 1. The second-order valence-corrected chi connectivity index (χ2v) is 13.0. The highest BCUT2D eigenvalue weighted by Gasteiger charge is 2.17. The van der Waals surface area contributed by atoms with Crippen LogP contribution >= 0.6 is 22.7 Å². The van der Waals surface area contributed by atoms with Crippen LogP contribution in [0.2, 0.25) is 0 Å². The molecule has 0 bridgehead atoms. The Balaban J connectivity index is 0.000000174. The molecule has 4 rings (SSSR count). The summed E-state index contributed by atoms with van der Waals surface area (Å²) in [4.78, 5) is 9.81. The summed E-state index contributed by atoms with van der Waals surface area (Å²) in [5.41, 5.74) is 4.99. The van der Waals surface area contributed by atoms with Crippen LogP contribution in [-0.2, 0) is 16.4 Å². The van der Waals surface area contributed by atoms with E-state index < -0.39 is 0 Å². The molecule has 0 N–H and O–H groups in total. The number of benzene rings is 1. The van der Waals surface area contributed by atoms with Crippen molar-refractivity contribution in [2.45, 2.75) is 85.6 Å². The van der Waals surface area contributed by atoms with Crippen molar-refractivity contribution in [1.29, 1.82) is 0 Å². The Morgan fingerprint density at radius 3 is 1.88 bits per heavy atom. The van der Waals surface area contributed by atoms with Crippen LogP contribution in [0.1, 0.15) is 77.9 Å². The van der Waals surface area contributed by atoms with Crippen LogP contribution in [0.5, 0.6) is 0 Å². The lowest BCUT2D eigenvalue weighted by Crippen LogP contribution is -2.20. The molecule has 174 valence electrons. The normalized spacial score (nSPS) is 12.1. The van der Waals surface area contributed by atoms with Crippen molar-refractivity contribution >= 4 is 33.6 Å². The van der Waals surface area contributed by atoms with Gasteiger partial charge in [-0.25, -0.2) is 9.97 Å². The first kappa shape index (κ1) is 26.3. The monoisotopic (exact) mass is 469 g/mol. The van der Waals surface area contributed by atoms with Gasteiger partial charge in [-0.2, -0.15) is 0 Å². The van der Waals surface area contributed by atoms with Gasteiger partial charge in [-0.1, -0.05) is 59.7 Å². The number of hydrogen-bond acceptors (Lipinski definition) is 4. The molecule has 3 aromatic heterocycles. The summed E-state index contributed by atoms with van der Waals surface area (Å²) in [6, 6.07) is 10.7. The summed E-state index contributed by atoms with van der Waals surface area (Å²) in [7, 11) is 0. The Morgan fingerprint density at radius 2 is 1.47 bits per heavy atom. The van der Waals surface area contributed by atoms with Crippen molar-refractivity contribution in [2.24, 2.45) is 0 Å². The van der Waals surface area contributed by atoms with Gasteiger partial charge in [0, 0.05) is 44.5 Å². The largest absolute Gasteiger partial charge is 0.342 e. The Kier molecular flexibility index (Phi) is 8.46. The quantitative estimate of drug-likeness (QED) is 0.258. The fourth-order valence-electron chi connectivity index (χ4n) is 2.95. The predicted molar refractivity (Wildman–Crippen MR) is 143 cm³/mol. The molecule has 3 heterocycles. The molecule has 32 heavy (non-hydrogen) atoms. The zero-order valence-electron chi connectivity index (χ0n) is 21.4. The zero-order chi connectivity index (χ0) is 24.2. The maximum absolute atomic E-state index is 4.31. The molecule has 0 spiro atoms. The third kappa shape index (κ3) is 7.56. The first-order valence-corrected chi connectivity index (χ1v) is 12.8. The van der Waals surface area contributed by atoms with Crippen LogP contribution in [0.15, 0.2) is 53.6 Å². The third-order valence-electron chi connectivity index (χ3n) is 4.79. The van der Waals surface area contributed by atoms with Crippen molar-refractivity contribution in [3.63, 3.8) is 0 Å². The fraction of sp³-hybridized carbons (Fsp3) is 0.481. The van der Waals surface area contributed by atoms with Gasteiger partial charge in [-0.15, -0.1) is 22.7 Å². The summed E-state index contributed by atoms with van der Waals surface area (Å²) < 4.78 is 2.31. The molecule has 1 aromatic carbocycles. The molecule has 0 saturated carbocycles. The van der Waals surface area contributed by atoms with Gasteiger partial charge < -0.3 is 4.57 Å². The SMILES string of the molecule is CC(C)(C)c1cscn1.CC(C)(C)n1ccc2ccccc21.Cc1cnc(C(C)(C)C)s1. The first-order chi connectivity index (χ1) is 14.7. The van der Waals surface area contributed by atoms with Crippen molar-refractivity contribution in [3.05, 3.63) is 69.2 Å². The van der Waals surface area contributed by atoms with Gasteiger partial charge in [-0.05, 0) is 45.2 Å². The maximum atomic E-state index is 4.31. The molecule has 0 unspecified atom stereocenters. The van der Waals surface area contributed by atoms with Crippen LogP contribution in [0.4, 0.5) is 0 Å². The number of hydrogen-bond donors (Lipinski definition) is 0. The highest BCUT2D eigenvalue weighted by atomic mass is 32.1. The third-order valence-corrected chi connectivity index (χ3v) is 6.71. The smallest absolute Gasteiger partial charge is 0.0981 e. The minimum absolute atomic E-state index is 0.170. The Morgan fingerprint density at radius 1 is 0.812 bits per heavy atom. The van der Waals surface area contributed by atoms with E-state index in [-0.39, 0.29) is 16.4 Å². The number of thiazole rings is 2. The Hall–Kier alpha value is -1.98. The maximum Gasteiger partial charge on any atom is 0.0981 e. The van der Waals surface area contributed by atoms with Crippen LogP contribution < -0.4 is 0 Å². The van der Waals surface area contributed by atoms with Gasteiger partial charge in [0.25, 0.3) is 0 Å². The Labute approximate surface area is 202 Å². The molecule has 4 aromatic rings. The van der Waals surface area contributed by atoms with E-state index in [1.807, 2.05) is 11.7 Å². The van der Waals surface area contributed by atoms with Crippen molar-refractivity contribution in [1.82, 2.24) is 14.5 Å². The molecule has 0 aliphatic heterocycles. The molecular formula is C27H39N3S2. The van der Waals surface area contributed by atoms with Gasteiger partial charge in [0.2, 0.25) is 0 Å². The van der Waals surface area contributed by atoms with E-state index in [1.165, 1.54) is 26.5 Å². The summed E-state index contributed by atoms with van der Waals surface area (Å²) in [6.07, 6.45) is 4.09. The molecule has 0 saturated heterocycles. The standard InChI is InChI=1S/C12H15N.C8H13NS.C7H11NS/c1-12(2,3)13-9-8-10-6-4-5-7-11(10)13;1-6-5-9-7(10-6)8(2,3)4;1-7(2,3)6-4-9-5-8-6/h4-9H,1-3H3;5H,1-4H3;4-5H,1-3H3. The number of nitrogens with zero attached hydrogens (tertiary/aromatic N) is 3. The van der Waals surface area contributed by atoms with Gasteiger partial charge >= 0.3 is 0 Å². The molecule has 0 amide bonds. The summed E-state index contributed by atoms with van der Waals surface area (Å²) in [5.74, 6) is 0. The van der Waals surface area contributed by atoms with Crippen LogP contribution in [-0.4, -0.2) is 14.5 Å². The lowest BCUT2D eigenvalue weighted by Gasteiger charge is -2.22. The van der Waals surface area contributed by atoms with Gasteiger partial charge in [0.1, 0.15) is 0 Å². The first-order valence-electron chi connectivity index (χ1n) is 11.1. The second kappa shape index (κ2) is 10.3. The predicted octanol–water partition coefficient (Wildman–Crippen LogP) is 8.59. The molecular weight excluding hydrogens is 430 g/mol. The van der Waals surface area contributed by atoms with E-state index in [1.54, 1.807) is 22.7 Å². The lowest BCUT2D eigenvalue weighted by molar-refractivity contribution is 0.411. The van der Waals surface area contributed by atoms with Gasteiger partial charge in [0.15, 0.2) is 0 Å². The van der Waals surface area contributed by atoms with Crippen molar-refractivity contribution in [2.75, 3.05) is 0 Å². The summed E-state index contributed by atoms with van der Waals surface area (Å²) in [6.45, 7) is 21.8. The summed E-state index contributed by atoms with van der Waals surface area (Å²) in [5, 5.41) is 4.64. The minimum atomic E-state index is 0.170. The average Bonchev–Trinajstić information content (AvgIpc) is 3.41. The lowest BCUT2D eigenvalue weighted by atomic mass is 9.93. The number of aryl methyl sites for hydroxylation is 1. The highest BCUT2D eigenvalue weighted by Crippen LogP contribution is 2.26. The van der Waals surface area contributed by atoms with Crippen LogP contribution in [0, 0.1) is 6.92 Å². The van der Waals surface area contributed by atoms with E-state index in [0.29, 0.717) is 0 Å². The Bertz CT molecular complexity index is 1080. The summed E-state index contributed by atoms with van der Waals surface area (Å²) >= 11 is 3.44. The van der Waals surface area contributed by atoms with Gasteiger partial charge in [0.05, 0.1) is 16.2 Å². The van der Waals surface area contributed by atoms with E-state index >= 15 is 0 Å². The van der Waals surface area contributed by atoms with E-state index in [2.05, 4.69) is 126 Å². The fourth-order valence-corrected chi connectivity index (χ4v) is 4.55. The zero-order valence-corrected chi connectivity index (χ0v) is 23.0. The van der Waals surface area contributed by atoms with E-state index in [0.717, 1.165) is 0 Å². The van der Waals surface area contributed by atoms with E-state index in [4.69, 9.17) is 0 Å². The van der Waals surface area contributed by atoms with Crippen LogP contribution in [0.3, 0.4) is 0 Å². The average molecular weight is 470 g/mol. The molecule has 0 aliphatic rings. The minimum Gasteiger partial charge on any atom is -0.342 e. The number of aromatic nitrogens is 3. The number of rotatable bonds is 0. The molecule has 0 fully saturated rings. The van der Waals surface area contributed by atoms with Crippen molar-refractivity contribution in [3.8, 4) is 0 Å². The molecule has 0 aliphatic carbocycles. The molecule has 5 heteroatoms. The van der Waals surface area contributed by atoms with Crippen molar-refractivity contribution < 1.29 is 0 Å². The van der Waals surface area contributed by atoms with E-state index in [9.17, 15) is 0 Å². The molecule has 3 nitrogen and oxygen atoms in total. The second-order valence-electron chi connectivity index (χ2n) is 11.1. The molecule has 0 atom stereocenters. The topological polar surface area (TPSA) is 30.7 Å².